The fourth-order valence-corrected chi connectivity index (χ4v) is 8.76. The van der Waals surface area contributed by atoms with Gasteiger partial charge in [-0.15, -0.1) is 0 Å². The molecule has 0 aromatic carbocycles. The van der Waals surface area contributed by atoms with Crippen molar-refractivity contribution in [3.05, 3.63) is 0 Å². The first kappa shape index (κ1) is 51.6. The summed E-state index contributed by atoms with van der Waals surface area (Å²) in [6, 6.07) is 0. The van der Waals surface area contributed by atoms with Gasteiger partial charge in [0.15, 0.2) is 0 Å². The highest BCUT2D eigenvalue weighted by molar-refractivity contribution is 7.53. The molecule has 0 radical (unpaired) electrons. The molecular formula is C45H93N2O4P. The van der Waals surface area contributed by atoms with E-state index in [0.29, 0.717) is 26.2 Å². The van der Waals surface area contributed by atoms with Crippen molar-refractivity contribution < 1.29 is 18.4 Å². The summed E-state index contributed by atoms with van der Waals surface area (Å²) in [6.07, 6.45) is 45.3. The van der Waals surface area contributed by atoms with Crippen molar-refractivity contribution in [3.8, 4) is 0 Å². The second-order valence-corrected chi connectivity index (χ2v) is 18.1. The zero-order valence-electron chi connectivity index (χ0n) is 35.8. The lowest BCUT2D eigenvalue weighted by molar-refractivity contribution is -0.121. The van der Waals surface area contributed by atoms with Crippen LogP contribution < -0.4 is 5.32 Å². The number of carbonyl (C=O) groups excluding carboxylic acids is 1. The Morgan fingerprint density at radius 1 is 0.462 bits per heavy atom. The molecule has 0 fully saturated rings. The van der Waals surface area contributed by atoms with Crippen molar-refractivity contribution >= 4 is 13.5 Å². The van der Waals surface area contributed by atoms with Crippen LogP contribution in [-0.2, 0) is 18.4 Å². The summed E-state index contributed by atoms with van der Waals surface area (Å²) >= 11 is 0. The molecule has 0 spiro atoms. The average molecular weight is 757 g/mol. The Morgan fingerprint density at radius 2 is 0.750 bits per heavy atom. The van der Waals surface area contributed by atoms with Gasteiger partial charge in [-0.1, -0.05) is 220 Å². The van der Waals surface area contributed by atoms with Crippen molar-refractivity contribution in [3.63, 3.8) is 0 Å². The molecule has 0 aromatic heterocycles. The van der Waals surface area contributed by atoms with Crippen LogP contribution in [0.25, 0.3) is 0 Å². The standard InChI is InChI=1S/C45H93N2O4P/c1-5-8-11-13-15-17-19-21-23-25-27-29-31-33-35-37-42-50-52(49,44-47(4)41-39-45(48)46-40-10-7-3)51-43-38-36-34-32-30-28-26-24-22-20-18-16-14-12-9-6-2/h5-44H2,1-4H3,(H,46,48). The molecule has 0 saturated carbocycles. The summed E-state index contributed by atoms with van der Waals surface area (Å²) in [5.74, 6) is 0.0540. The van der Waals surface area contributed by atoms with E-state index in [0.717, 1.165) is 45.1 Å². The minimum Gasteiger partial charge on any atom is -0.356 e. The van der Waals surface area contributed by atoms with Crippen molar-refractivity contribution in [1.29, 1.82) is 0 Å². The number of hydrogen-bond donors (Lipinski definition) is 1. The molecule has 1 amide bonds. The maximum absolute atomic E-state index is 13.8. The zero-order chi connectivity index (χ0) is 38.1. The van der Waals surface area contributed by atoms with Gasteiger partial charge in [0.2, 0.25) is 5.91 Å². The SMILES string of the molecule is CCCCCCCCCCCCCCCCCCOP(=O)(CN(C)CCC(=O)NCCCC)OCCCCCCCCCCCCCCCCCC. The molecule has 0 unspecified atom stereocenters. The number of carbonyl (C=O) groups is 1. The Labute approximate surface area is 326 Å². The molecule has 0 bridgehead atoms. The fourth-order valence-electron chi connectivity index (χ4n) is 6.98. The topological polar surface area (TPSA) is 67.9 Å². The summed E-state index contributed by atoms with van der Waals surface area (Å²) in [7, 11) is -1.33. The van der Waals surface area contributed by atoms with Gasteiger partial charge < -0.3 is 14.4 Å². The summed E-state index contributed by atoms with van der Waals surface area (Å²) in [5.41, 5.74) is 0. The smallest absolute Gasteiger partial charge is 0.344 e. The number of unbranched alkanes of at least 4 members (excludes halogenated alkanes) is 31. The van der Waals surface area contributed by atoms with Gasteiger partial charge in [-0.05, 0) is 26.3 Å². The number of hydrogen-bond acceptors (Lipinski definition) is 5. The predicted molar refractivity (Wildman–Crippen MR) is 229 cm³/mol. The molecule has 312 valence electrons. The van der Waals surface area contributed by atoms with Crippen LogP contribution in [0.1, 0.15) is 245 Å². The summed E-state index contributed by atoms with van der Waals surface area (Å²) in [6.45, 7) is 8.94. The van der Waals surface area contributed by atoms with E-state index in [9.17, 15) is 9.36 Å². The van der Waals surface area contributed by atoms with Gasteiger partial charge in [0, 0.05) is 19.5 Å². The molecule has 1 N–H and O–H groups in total. The minimum absolute atomic E-state index is 0.0540. The third kappa shape index (κ3) is 39.3. The van der Waals surface area contributed by atoms with E-state index >= 15 is 0 Å². The van der Waals surface area contributed by atoms with Gasteiger partial charge in [0.25, 0.3) is 0 Å². The van der Waals surface area contributed by atoms with Crippen molar-refractivity contribution in [2.24, 2.45) is 0 Å². The molecule has 0 heterocycles. The Hall–Kier alpha value is -0.420. The highest BCUT2D eigenvalue weighted by atomic mass is 31.2. The number of nitrogens with zero attached hydrogens (tertiary/aromatic N) is 1. The molecule has 0 rings (SSSR count). The van der Waals surface area contributed by atoms with Crippen LogP contribution in [-0.4, -0.2) is 50.4 Å². The largest absolute Gasteiger partial charge is 0.356 e. The molecule has 0 aliphatic rings. The van der Waals surface area contributed by atoms with E-state index in [1.54, 1.807) is 0 Å². The van der Waals surface area contributed by atoms with E-state index in [-0.39, 0.29) is 12.2 Å². The lowest BCUT2D eigenvalue weighted by Crippen LogP contribution is -2.30. The van der Waals surface area contributed by atoms with Gasteiger partial charge in [-0.25, -0.2) is 0 Å². The zero-order valence-corrected chi connectivity index (χ0v) is 36.7. The molecule has 7 heteroatoms. The summed E-state index contributed by atoms with van der Waals surface area (Å²) in [4.78, 5) is 14.2. The predicted octanol–water partition coefficient (Wildman–Crippen LogP) is 14.9. The molecule has 0 saturated heterocycles. The van der Waals surface area contributed by atoms with Crippen LogP contribution >= 0.6 is 7.60 Å². The Morgan fingerprint density at radius 3 is 1.06 bits per heavy atom. The minimum atomic E-state index is -3.25. The van der Waals surface area contributed by atoms with E-state index < -0.39 is 7.60 Å². The Bertz CT molecular complexity index is 726. The molecule has 0 aliphatic heterocycles. The third-order valence-electron chi connectivity index (χ3n) is 10.6. The van der Waals surface area contributed by atoms with Gasteiger partial charge in [0.1, 0.15) is 6.29 Å². The normalized spacial score (nSPS) is 11.9. The summed E-state index contributed by atoms with van der Waals surface area (Å²) in [5, 5.41) is 2.98. The second kappa shape index (κ2) is 41.7. The average Bonchev–Trinajstić information content (AvgIpc) is 3.13. The van der Waals surface area contributed by atoms with E-state index in [2.05, 4.69) is 26.1 Å². The maximum Gasteiger partial charge on any atom is 0.344 e. The van der Waals surface area contributed by atoms with Crippen molar-refractivity contribution in [2.45, 2.75) is 245 Å². The molecule has 52 heavy (non-hydrogen) atoms. The first-order valence-electron chi connectivity index (χ1n) is 23.3. The first-order valence-corrected chi connectivity index (χ1v) is 25.0. The van der Waals surface area contributed by atoms with Crippen molar-refractivity contribution in [1.82, 2.24) is 10.2 Å². The first-order chi connectivity index (χ1) is 25.5. The van der Waals surface area contributed by atoms with E-state index in [4.69, 9.17) is 9.05 Å². The lowest BCUT2D eigenvalue weighted by Gasteiger charge is -2.24. The molecular weight excluding hydrogens is 663 g/mol. The monoisotopic (exact) mass is 757 g/mol. The molecule has 0 atom stereocenters. The fraction of sp³-hybridized carbons (Fsp3) is 0.978. The Balaban J connectivity index is 4.15. The van der Waals surface area contributed by atoms with Crippen LogP contribution in [0.2, 0.25) is 0 Å². The molecule has 0 aromatic rings. The highest BCUT2D eigenvalue weighted by Gasteiger charge is 2.26. The van der Waals surface area contributed by atoms with E-state index in [1.165, 1.54) is 180 Å². The lowest BCUT2D eigenvalue weighted by atomic mass is 10.0. The van der Waals surface area contributed by atoms with Crippen LogP contribution in [0.5, 0.6) is 0 Å². The molecule has 0 aliphatic carbocycles. The molecule has 6 nitrogen and oxygen atoms in total. The quantitative estimate of drug-likeness (QED) is 0.0495. The van der Waals surface area contributed by atoms with Crippen LogP contribution in [0.15, 0.2) is 0 Å². The number of amides is 1. The van der Waals surface area contributed by atoms with Gasteiger partial charge in [0.05, 0.1) is 13.2 Å². The van der Waals surface area contributed by atoms with E-state index in [1.807, 2.05) is 11.9 Å². The van der Waals surface area contributed by atoms with Gasteiger partial charge >= 0.3 is 7.60 Å². The number of rotatable bonds is 44. The van der Waals surface area contributed by atoms with Crippen LogP contribution in [0.3, 0.4) is 0 Å². The third-order valence-corrected chi connectivity index (χ3v) is 12.5. The maximum atomic E-state index is 13.8. The second-order valence-electron chi connectivity index (χ2n) is 16.1. The van der Waals surface area contributed by atoms with Crippen LogP contribution in [0.4, 0.5) is 0 Å². The van der Waals surface area contributed by atoms with Gasteiger partial charge in [-0.2, -0.15) is 0 Å². The summed E-state index contributed by atoms with van der Waals surface area (Å²) < 4.78 is 25.9. The van der Waals surface area contributed by atoms with Gasteiger partial charge in [-0.3, -0.25) is 14.3 Å². The number of nitrogens with one attached hydrogen (secondary N) is 1. The highest BCUT2D eigenvalue weighted by Crippen LogP contribution is 2.49. The van der Waals surface area contributed by atoms with Crippen LogP contribution in [0, 0.1) is 0 Å². The Kier molecular flexibility index (Phi) is 41.4. The van der Waals surface area contributed by atoms with Crippen molar-refractivity contribution in [2.75, 3.05) is 39.6 Å².